The van der Waals surface area contributed by atoms with Gasteiger partial charge < -0.3 is 15.1 Å². The van der Waals surface area contributed by atoms with E-state index in [1.54, 1.807) is 0 Å². The van der Waals surface area contributed by atoms with Gasteiger partial charge in [-0.15, -0.1) is 0 Å². The molecule has 1 aromatic heterocycles. The first kappa shape index (κ1) is 18.9. The summed E-state index contributed by atoms with van der Waals surface area (Å²) in [5.41, 5.74) is 1.75. The van der Waals surface area contributed by atoms with Crippen molar-refractivity contribution in [2.24, 2.45) is 5.41 Å². The van der Waals surface area contributed by atoms with Gasteiger partial charge in [0.15, 0.2) is 0 Å². The van der Waals surface area contributed by atoms with Crippen molar-refractivity contribution >= 4 is 11.7 Å². The van der Waals surface area contributed by atoms with Crippen LogP contribution in [-0.4, -0.2) is 49.0 Å². The zero-order valence-electron chi connectivity index (χ0n) is 17.1. The van der Waals surface area contributed by atoms with Crippen molar-refractivity contribution in [3.05, 3.63) is 59.8 Å². The van der Waals surface area contributed by atoms with Crippen LogP contribution in [0.4, 0.5) is 5.82 Å². The molecule has 2 aromatic rings. The first-order valence-corrected chi connectivity index (χ1v) is 10.2. The van der Waals surface area contributed by atoms with E-state index in [0.717, 1.165) is 49.5 Å². The molecule has 0 unspecified atom stereocenters. The highest BCUT2D eigenvalue weighted by molar-refractivity contribution is 5.93. The summed E-state index contributed by atoms with van der Waals surface area (Å²) in [5.74, 6) is 1.12. The number of carbonyl (C=O) groups excluding carboxylic acids is 1. The van der Waals surface area contributed by atoms with Crippen LogP contribution in [0.15, 0.2) is 48.7 Å². The summed E-state index contributed by atoms with van der Waals surface area (Å²) in [6, 6.07) is 14.2. The Bertz CT molecular complexity index is 843. The van der Waals surface area contributed by atoms with Gasteiger partial charge >= 0.3 is 0 Å². The number of hydrogen-bond donors (Lipinski definition) is 1. The number of amides is 1. The Hall–Kier alpha value is -2.40. The minimum Gasteiger partial charge on any atom is -0.354 e. The number of likely N-dealkylation sites (N-methyl/N-ethyl adjacent to an activating group) is 1. The number of anilines is 1. The van der Waals surface area contributed by atoms with E-state index < -0.39 is 5.41 Å². The quantitative estimate of drug-likeness (QED) is 0.869. The smallest absolute Gasteiger partial charge is 0.231 e. The van der Waals surface area contributed by atoms with Gasteiger partial charge in [-0.2, -0.15) is 0 Å². The van der Waals surface area contributed by atoms with Crippen LogP contribution in [0, 0.1) is 5.41 Å². The fourth-order valence-corrected chi connectivity index (χ4v) is 4.55. The average Bonchev–Trinajstić information content (AvgIpc) is 3.31. The molecule has 28 heavy (non-hydrogen) atoms. The maximum atomic E-state index is 13.3. The lowest BCUT2D eigenvalue weighted by Gasteiger charge is -2.34. The average molecular weight is 379 g/mol. The molecule has 1 aromatic carbocycles. The topological polar surface area (TPSA) is 48.5 Å². The van der Waals surface area contributed by atoms with Gasteiger partial charge in [-0.05, 0) is 30.5 Å². The van der Waals surface area contributed by atoms with Crippen molar-refractivity contribution in [1.29, 1.82) is 0 Å². The molecule has 1 saturated heterocycles. The molecule has 5 nitrogen and oxygen atoms in total. The zero-order valence-corrected chi connectivity index (χ0v) is 17.1. The molecule has 1 atom stereocenters. The molecular formula is C23H30N4O. The molecule has 2 fully saturated rings. The molecule has 1 N–H and O–H groups in total. The molecule has 0 bridgehead atoms. The number of hydrogen-bond acceptors (Lipinski definition) is 4. The summed E-state index contributed by atoms with van der Waals surface area (Å²) in [6.07, 6.45) is 2.72. The number of nitrogens with zero attached hydrogens (tertiary/aromatic N) is 3. The lowest BCUT2D eigenvalue weighted by atomic mass is 9.87. The second kappa shape index (κ2) is 7.21. The summed E-state index contributed by atoms with van der Waals surface area (Å²) in [6.45, 7) is 8.88. The van der Waals surface area contributed by atoms with Crippen molar-refractivity contribution < 1.29 is 4.79 Å². The number of benzene rings is 1. The molecular weight excluding hydrogens is 348 g/mol. The minimum atomic E-state index is -0.426. The van der Waals surface area contributed by atoms with E-state index in [0.29, 0.717) is 6.54 Å². The molecule has 2 heterocycles. The van der Waals surface area contributed by atoms with E-state index in [1.807, 2.05) is 30.5 Å². The van der Waals surface area contributed by atoms with Gasteiger partial charge in [0.25, 0.3) is 0 Å². The molecule has 5 heteroatoms. The Morgan fingerprint density at radius 1 is 1.07 bits per heavy atom. The molecule has 148 valence electrons. The number of piperazine rings is 1. The second-order valence-corrected chi connectivity index (χ2v) is 8.79. The maximum absolute atomic E-state index is 13.3. The van der Waals surface area contributed by atoms with E-state index in [9.17, 15) is 4.79 Å². The largest absolute Gasteiger partial charge is 0.354 e. The standard InChI is InChI=1S/C23H30N4O/c1-22(2)17-23(22,19-9-5-4-6-10-19)21(28)25-16-18-8-7-11-24-20(18)27-14-12-26(3)13-15-27/h4-11H,12-17H2,1-3H3,(H,25,28)/t23-/m1/s1. The van der Waals surface area contributed by atoms with E-state index in [4.69, 9.17) is 0 Å². The first-order valence-electron chi connectivity index (χ1n) is 10.2. The SMILES string of the molecule is CN1CCN(c2ncccc2CNC(=O)[C@]2(c3ccccc3)CC2(C)C)CC1. The summed E-state index contributed by atoms with van der Waals surface area (Å²) in [4.78, 5) is 22.6. The van der Waals surface area contributed by atoms with Crippen LogP contribution >= 0.6 is 0 Å². The lowest BCUT2D eigenvalue weighted by molar-refractivity contribution is -0.124. The molecule has 0 radical (unpaired) electrons. The monoisotopic (exact) mass is 378 g/mol. The highest BCUT2D eigenvalue weighted by Crippen LogP contribution is 2.64. The number of aromatic nitrogens is 1. The van der Waals surface area contributed by atoms with Gasteiger partial charge in [-0.3, -0.25) is 4.79 Å². The Morgan fingerprint density at radius 2 is 1.75 bits per heavy atom. The molecule has 0 spiro atoms. The molecule has 1 amide bonds. The molecule has 4 rings (SSSR count). The van der Waals surface area contributed by atoms with Crippen molar-refractivity contribution in [3.8, 4) is 0 Å². The third-order valence-corrected chi connectivity index (χ3v) is 6.50. The maximum Gasteiger partial charge on any atom is 0.231 e. The van der Waals surface area contributed by atoms with Gasteiger partial charge in [-0.25, -0.2) is 4.98 Å². The van der Waals surface area contributed by atoms with Crippen LogP contribution in [-0.2, 0) is 16.8 Å². The highest BCUT2D eigenvalue weighted by atomic mass is 16.2. The van der Waals surface area contributed by atoms with Gasteiger partial charge in [0.2, 0.25) is 5.91 Å². The van der Waals surface area contributed by atoms with Crippen LogP contribution in [0.3, 0.4) is 0 Å². The van der Waals surface area contributed by atoms with Gasteiger partial charge in [0.1, 0.15) is 5.82 Å². The van der Waals surface area contributed by atoms with E-state index in [1.165, 1.54) is 0 Å². The molecule has 1 saturated carbocycles. The lowest BCUT2D eigenvalue weighted by Crippen LogP contribution is -2.45. The first-order chi connectivity index (χ1) is 13.4. The van der Waals surface area contributed by atoms with Crippen molar-refractivity contribution in [2.45, 2.75) is 32.2 Å². The Labute approximate surface area is 167 Å². The zero-order chi connectivity index (χ0) is 19.8. The normalized spacial score (nSPS) is 24.0. The van der Waals surface area contributed by atoms with Crippen LogP contribution in [0.25, 0.3) is 0 Å². The second-order valence-electron chi connectivity index (χ2n) is 8.79. The van der Waals surface area contributed by atoms with Crippen LogP contribution in [0.1, 0.15) is 31.4 Å². The predicted molar refractivity (Wildman–Crippen MR) is 112 cm³/mol. The van der Waals surface area contributed by atoms with Crippen LogP contribution in [0.2, 0.25) is 0 Å². The third-order valence-electron chi connectivity index (χ3n) is 6.50. The number of carbonyl (C=O) groups is 1. The predicted octanol–water partition coefficient (Wildman–Crippen LogP) is 2.82. The van der Waals surface area contributed by atoms with Crippen molar-refractivity contribution in [3.63, 3.8) is 0 Å². The Kier molecular flexibility index (Phi) is 4.88. The molecule has 1 aliphatic carbocycles. The van der Waals surface area contributed by atoms with Crippen LogP contribution in [0.5, 0.6) is 0 Å². The number of nitrogens with one attached hydrogen (secondary N) is 1. The highest BCUT2D eigenvalue weighted by Gasteiger charge is 2.66. The van der Waals surface area contributed by atoms with Gasteiger partial charge in [-0.1, -0.05) is 50.2 Å². The minimum absolute atomic E-state index is 0.0202. The number of pyridine rings is 1. The van der Waals surface area contributed by atoms with E-state index in [2.05, 4.69) is 59.2 Å². The molecule has 2 aliphatic rings. The van der Waals surface area contributed by atoms with Crippen molar-refractivity contribution in [1.82, 2.24) is 15.2 Å². The Balaban J connectivity index is 1.50. The molecule has 1 aliphatic heterocycles. The van der Waals surface area contributed by atoms with Crippen molar-refractivity contribution in [2.75, 3.05) is 38.1 Å². The van der Waals surface area contributed by atoms with E-state index in [-0.39, 0.29) is 11.3 Å². The summed E-state index contributed by atoms with van der Waals surface area (Å²) < 4.78 is 0. The van der Waals surface area contributed by atoms with E-state index >= 15 is 0 Å². The van der Waals surface area contributed by atoms with Gasteiger partial charge in [0, 0.05) is 44.5 Å². The summed E-state index contributed by atoms with van der Waals surface area (Å²) in [7, 11) is 2.15. The fourth-order valence-electron chi connectivity index (χ4n) is 4.55. The number of rotatable bonds is 5. The third kappa shape index (κ3) is 3.28. The fraction of sp³-hybridized carbons (Fsp3) is 0.478. The Morgan fingerprint density at radius 3 is 2.39 bits per heavy atom. The summed E-state index contributed by atoms with van der Waals surface area (Å²) in [5, 5.41) is 3.23. The van der Waals surface area contributed by atoms with Gasteiger partial charge in [0.05, 0.1) is 5.41 Å². The summed E-state index contributed by atoms with van der Waals surface area (Å²) >= 11 is 0. The van der Waals surface area contributed by atoms with Crippen LogP contribution < -0.4 is 10.2 Å².